The normalized spacial score (nSPS) is 26.5. The molecule has 0 bridgehead atoms. The summed E-state index contributed by atoms with van der Waals surface area (Å²) < 4.78 is 23.4. The summed E-state index contributed by atoms with van der Waals surface area (Å²) in [5, 5.41) is 22.5. The van der Waals surface area contributed by atoms with Crippen molar-refractivity contribution >= 4 is 5.91 Å². The summed E-state index contributed by atoms with van der Waals surface area (Å²) in [7, 11) is 1.57. The fourth-order valence-corrected chi connectivity index (χ4v) is 2.96. The van der Waals surface area contributed by atoms with Crippen LogP contribution in [0.2, 0.25) is 0 Å². The zero-order chi connectivity index (χ0) is 17.6. The molecule has 24 heavy (non-hydrogen) atoms. The molecular formula is C17H24FNO5. The van der Waals surface area contributed by atoms with Gasteiger partial charge in [0.05, 0.1) is 32.0 Å². The molecular weight excluding hydrogens is 317 g/mol. The van der Waals surface area contributed by atoms with Gasteiger partial charge >= 0.3 is 0 Å². The number of ether oxygens (including phenoxy) is 2. The number of aliphatic hydroxyl groups excluding tert-OH is 2. The van der Waals surface area contributed by atoms with Crippen LogP contribution in [-0.2, 0) is 9.47 Å². The first-order chi connectivity index (χ1) is 11.5. The molecule has 0 aromatic heterocycles. The molecule has 1 aromatic rings. The van der Waals surface area contributed by atoms with Crippen molar-refractivity contribution in [3.63, 3.8) is 0 Å². The molecule has 1 fully saturated rings. The van der Waals surface area contributed by atoms with E-state index in [9.17, 15) is 19.4 Å². The lowest BCUT2D eigenvalue weighted by atomic mass is 9.86. The maximum absolute atomic E-state index is 12.9. The van der Waals surface area contributed by atoms with E-state index in [-0.39, 0.29) is 12.5 Å². The monoisotopic (exact) mass is 341 g/mol. The van der Waals surface area contributed by atoms with E-state index >= 15 is 0 Å². The van der Waals surface area contributed by atoms with Crippen LogP contribution in [0.25, 0.3) is 0 Å². The molecule has 0 saturated heterocycles. The minimum Gasteiger partial charge on any atom is -0.390 e. The van der Waals surface area contributed by atoms with Crippen LogP contribution in [-0.4, -0.2) is 61.8 Å². The number of carbonyl (C=O) groups is 1. The Kier molecular flexibility index (Phi) is 6.68. The highest BCUT2D eigenvalue weighted by atomic mass is 19.1. The maximum atomic E-state index is 12.9. The van der Waals surface area contributed by atoms with Crippen molar-refractivity contribution in [3.05, 3.63) is 35.6 Å². The van der Waals surface area contributed by atoms with Crippen LogP contribution >= 0.6 is 0 Å². The third-order valence-electron chi connectivity index (χ3n) is 4.30. The number of aliphatic hydroxyl groups is 2. The second kappa shape index (κ2) is 8.53. The van der Waals surface area contributed by atoms with Crippen LogP contribution in [0.3, 0.4) is 0 Å². The highest BCUT2D eigenvalue weighted by Crippen LogP contribution is 2.38. The molecule has 3 N–H and O–H groups in total. The lowest BCUT2D eigenvalue weighted by Gasteiger charge is -2.29. The molecule has 134 valence electrons. The number of amides is 1. The van der Waals surface area contributed by atoms with Gasteiger partial charge in [0.25, 0.3) is 5.91 Å². The SMILES string of the molecule is COCCOCC1(CNC(=O)c2ccc(F)cc2)CC(O)C(O)C1. The zero-order valence-corrected chi connectivity index (χ0v) is 13.7. The van der Waals surface area contributed by atoms with Crippen molar-refractivity contribution in [2.24, 2.45) is 5.41 Å². The van der Waals surface area contributed by atoms with E-state index in [1.807, 2.05) is 0 Å². The van der Waals surface area contributed by atoms with Gasteiger partial charge in [-0.3, -0.25) is 4.79 Å². The molecule has 2 rings (SSSR count). The van der Waals surface area contributed by atoms with Gasteiger partial charge in [-0.1, -0.05) is 0 Å². The predicted molar refractivity (Wildman–Crippen MR) is 85.1 cm³/mol. The Morgan fingerprint density at radius 3 is 2.46 bits per heavy atom. The second-order valence-corrected chi connectivity index (χ2v) is 6.28. The van der Waals surface area contributed by atoms with Crippen LogP contribution in [0.15, 0.2) is 24.3 Å². The molecule has 0 radical (unpaired) electrons. The Labute approximate surface area is 140 Å². The first-order valence-corrected chi connectivity index (χ1v) is 7.92. The standard InChI is InChI=1S/C17H24FNO5/c1-23-6-7-24-11-17(8-14(20)15(21)9-17)10-19-16(22)12-2-4-13(18)5-3-12/h2-5,14-15,20-21H,6-11H2,1H3,(H,19,22). The molecule has 1 aromatic carbocycles. The minimum absolute atomic E-state index is 0.254. The van der Waals surface area contributed by atoms with E-state index in [1.165, 1.54) is 24.3 Å². The maximum Gasteiger partial charge on any atom is 0.251 e. The molecule has 1 amide bonds. The van der Waals surface area contributed by atoms with Crippen LogP contribution in [0.1, 0.15) is 23.2 Å². The van der Waals surface area contributed by atoms with Crippen molar-refractivity contribution in [3.8, 4) is 0 Å². The Bertz CT molecular complexity index is 526. The van der Waals surface area contributed by atoms with Crippen LogP contribution < -0.4 is 5.32 Å². The van der Waals surface area contributed by atoms with Gasteiger partial charge in [-0.25, -0.2) is 4.39 Å². The van der Waals surface area contributed by atoms with E-state index < -0.39 is 23.4 Å². The fourth-order valence-electron chi connectivity index (χ4n) is 2.96. The zero-order valence-electron chi connectivity index (χ0n) is 13.7. The van der Waals surface area contributed by atoms with Gasteiger partial charge in [0.2, 0.25) is 0 Å². The summed E-state index contributed by atoms with van der Waals surface area (Å²) in [5.41, 5.74) is -0.187. The Morgan fingerprint density at radius 1 is 1.25 bits per heavy atom. The second-order valence-electron chi connectivity index (χ2n) is 6.28. The molecule has 0 spiro atoms. The van der Waals surface area contributed by atoms with Crippen LogP contribution in [0.4, 0.5) is 4.39 Å². The highest BCUT2D eigenvalue weighted by molar-refractivity contribution is 5.94. The molecule has 1 aliphatic rings. The van der Waals surface area contributed by atoms with Gasteiger partial charge in [-0.2, -0.15) is 0 Å². The molecule has 7 heteroatoms. The van der Waals surface area contributed by atoms with Gasteiger partial charge in [-0.05, 0) is 37.1 Å². The summed E-state index contributed by atoms with van der Waals surface area (Å²) in [4.78, 5) is 12.2. The number of methoxy groups -OCH3 is 1. The van der Waals surface area contributed by atoms with Crippen molar-refractivity contribution in [1.82, 2.24) is 5.32 Å². The highest BCUT2D eigenvalue weighted by Gasteiger charge is 2.44. The molecule has 1 aliphatic carbocycles. The first-order valence-electron chi connectivity index (χ1n) is 7.92. The van der Waals surface area contributed by atoms with E-state index in [0.29, 0.717) is 38.2 Å². The van der Waals surface area contributed by atoms with Crippen LogP contribution in [0, 0.1) is 11.2 Å². The van der Waals surface area contributed by atoms with Gasteiger partial charge in [0.1, 0.15) is 5.82 Å². The van der Waals surface area contributed by atoms with Gasteiger partial charge < -0.3 is 25.0 Å². The van der Waals surface area contributed by atoms with E-state index in [1.54, 1.807) is 7.11 Å². The minimum atomic E-state index is -0.834. The third kappa shape index (κ3) is 4.98. The third-order valence-corrected chi connectivity index (χ3v) is 4.30. The molecule has 2 atom stereocenters. The van der Waals surface area contributed by atoms with Gasteiger partial charge in [0, 0.05) is 24.6 Å². The number of carbonyl (C=O) groups excluding carboxylic acids is 1. The van der Waals surface area contributed by atoms with Crippen molar-refractivity contribution in [1.29, 1.82) is 0 Å². The van der Waals surface area contributed by atoms with E-state index in [4.69, 9.17) is 9.47 Å². The first kappa shape index (κ1) is 18.8. The van der Waals surface area contributed by atoms with E-state index in [0.717, 1.165) is 0 Å². The van der Waals surface area contributed by atoms with Crippen molar-refractivity contribution in [2.75, 3.05) is 33.5 Å². The molecule has 6 nitrogen and oxygen atoms in total. The largest absolute Gasteiger partial charge is 0.390 e. The summed E-state index contributed by atoms with van der Waals surface area (Å²) in [6.07, 6.45) is -0.993. The lowest BCUT2D eigenvalue weighted by Crippen LogP contribution is -2.40. The quantitative estimate of drug-likeness (QED) is 0.607. The Balaban J connectivity index is 1.95. The van der Waals surface area contributed by atoms with E-state index in [2.05, 4.69) is 5.32 Å². The van der Waals surface area contributed by atoms with Crippen molar-refractivity contribution < 1.29 is 28.9 Å². The summed E-state index contributed by atoms with van der Waals surface area (Å²) in [6.45, 7) is 1.40. The lowest BCUT2D eigenvalue weighted by molar-refractivity contribution is 0.0114. The van der Waals surface area contributed by atoms with Gasteiger partial charge in [-0.15, -0.1) is 0 Å². The fraction of sp³-hybridized carbons (Fsp3) is 0.588. The van der Waals surface area contributed by atoms with Gasteiger partial charge in [0.15, 0.2) is 0 Å². The number of rotatable bonds is 8. The number of benzene rings is 1. The number of nitrogens with one attached hydrogen (secondary N) is 1. The molecule has 0 aliphatic heterocycles. The topological polar surface area (TPSA) is 88.0 Å². The summed E-state index contributed by atoms with van der Waals surface area (Å²) in [6, 6.07) is 5.26. The molecule has 0 heterocycles. The molecule has 2 unspecified atom stereocenters. The summed E-state index contributed by atoms with van der Waals surface area (Å²) >= 11 is 0. The number of hydrogen-bond acceptors (Lipinski definition) is 5. The van der Waals surface area contributed by atoms with Crippen molar-refractivity contribution in [2.45, 2.75) is 25.0 Å². The average molecular weight is 341 g/mol. The Hall–Kier alpha value is -1.54. The average Bonchev–Trinajstić information content (AvgIpc) is 2.85. The predicted octanol–water partition coefficient (Wildman–Crippen LogP) is 0.720. The Morgan fingerprint density at radius 2 is 1.88 bits per heavy atom. The molecule has 1 saturated carbocycles. The smallest absolute Gasteiger partial charge is 0.251 e. The summed E-state index contributed by atoms with van der Waals surface area (Å²) in [5.74, 6) is -0.737. The number of hydrogen-bond donors (Lipinski definition) is 3. The number of halogens is 1. The van der Waals surface area contributed by atoms with Crippen LogP contribution in [0.5, 0.6) is 0 Å².